The molecule has 0 aromatic heterocycles. The molecule has 0 aromatic carbocycles. The van der Waals surface area contributed by atoms with Gasteiger partial charge >= 0.3 is 5.97 Å². The van der Waals surface area contributed by atoms with Gasteiger partial charge in [0.1, 0.15) is 11.8 Å². The molecule has 0 aliphatic carbocycles. The third kappa shape index (κ3) is 9.18. The minimum absolute atomic E-state index is 0.0783. The molecule has 3 N–H and O–H groups in total. The lowest BCUT2D eigenvalue weighted by Crippen LogP contribution is -2.43. The number of unbranched alkanes of at least 4 members (excludes halogenated alkanes) is 2. The number of nitrogens with one attached hydrogen (secondary N) is 1. The van der Waals surface area contributed by atoms with Gasteiger partial charge in [0.2, 0.25) is 5.91 Å². The average molecular weight is 273 g/mol. The predicted molar refractivity (Wildman–Crippen MR) is 69.6 cm³/mol. The highest BCUT2D eigenvalue weighted by molar-refractivity contribution is 5.99. The quantitative estimate of drug-likeness (QED) is 0.404. The van der Waals surface area contributed by atoms with Gasteiger partial charge < -0.3 is 15.5 Å². The Morgan fingerprint density at radius 2 is 1.84 bits per heavy atom. The van der Waals surface area contributed by atoms with E-state index in [9.17, 15) is 14.4 Å². The molecule has 1 amide bonds. The van der Waals surface area contributed by atoms with Gasteiger partial charge in [-0.2, -0.15) is 0 Å². The molecule has 2 atom stereocenters. The van der Waals surface area contributed by atoms with E-state index in [2.05, 4.69) is 5.32 Å². The van der Waals surface area contributed by atoms with Gasteiger partial charge in [0.25, 0.3) is 0 Å². The molecule has 19 heavy (non-hydrogen) atoms. The summed E-state index contributed by atoms with van der Waals surface area (Å²) in [6, 6.07) is -1.16. The zero-order valence-electron chi connectivity index (χ0n) is 11.5. The summed E-state index contributed by atoms with van der Waals surface area (Å²) in [5.74, 6) is -2.01. The summed E-state index contributed by atoms with van der Waals surface area (Å²) in [5.41, 5.74) is 0. The van der Waals surface area contributed by atoms with Crippen molar-refractivity contribution >= 4 is 17.7 Å². The Bertz CT molecular complexity index is 314. The molecule has 0 heterocycles. The van der Waals surface area contributed by atoms with Crippen LogP contribution in [0.3, 0.4) is 0 Å². The van der Waals surface area contributed by atoms with Crippen LogP contribution in [0.25, 0.3) is 0 Å². The summed E-state index contributed by atoms with van der Waals surface area (Å²) in [4.78, 5) is 33.8. The number of Topliss-reactive ketones (excluding diaryl/α,β-unsaturated/α-hetero) is 1. The smallest absolute Gasteiger partial charge is 0.326 e. The second-order valence-corrected chi connectivity index (χ2v) is 4.72. The minimum atomic E-state index is -1.22. The van der Waals surface area contributed by atoms with Crippen molar-refractivity contribution in [1.82, 2.24) is 5.32 Å². The van der Waals surface area contributed by atoms with Crippen molar-refractivity contribution in [2.24, 2.45) is 0 Å². The van der Waals surface area contributed by atoms with Gasteiger partial charge in [0.15, 0.2) is 0 Å². The maximum atomic E-state index is 11.5. The molecular formula is C13H23NO5. The summed E-state index contributed by atoms with van der Waals surface area (Å²) >= 11 is 0. The Balaban J connectivity index is 4.12. The van der Waals surface area contributed by atoms with Crippen LogP contribution in [0.15, 0.2) is 0 Å². The van der Waals surface area contributed by atoms with E-state index >= 15 is 0 Å². The first kappa shape index (κ1) is 17.6. The number of aliphatic hydroxyl groups is 1. The van der Waals surface area contributed by atoms with Gasteiger partial charge in [0, 0.05) is 12.8 Å². The van der Waals surface area contributed by atoms with Crippen LogP contribution in [0.1, 0.15) is 52.4 Å². The average Bonchev–Trinajstić information content (AvgIpc) is 2.27. The van der Waals surface area contributed by atoms with E-state index in [0.29, 0.717) is 6.42 Å². The van der Waals surface area contributed by atoms with E-state index in [1.165, 1.54) is 6.92 Å². The van der Waals surface area contributed by atoms with E-state index < -0.39 is 24.0 Å². The number of carbonyl (C=O) groups is 3. The minimum Gasteiger partial charge on any atom is -0.480 e. The highest BCUT2D eigenvalue weighted by atomic mass is 16.4. The van der Waals surface area contributed by atoms with Gasteiger partial charge in [-0.05, 0) is 13.3 Å². The summed E-state index contributed by atoms with van der Waals surface area (Å²) < 4.78 is 0. The molecule has 1 unspecified atom stereocenters. The normalized spacial score (nSPS) is 13.6. The van der Waals surface area contributed by atoms with Crippen molar-refractivity contribution in [3.05, 3.63) is 0 Å². The van der Waals surface area contributed by atoms with Crippen LogP contribution >= 0.6 is 0 Å². The summed E-state index contributed by atoms with van der Waals surface area (Å²) in [6.45, 7) is 3.46. The Kier molecular flexibility index (Phi) is 8.78. The lowest BCUT2D eigenvalue weighted by Gasteiger charge is -2.15. The Hall–Kier alpha value is -1.43. The molecule has 0 aliphatic heterocycles. The fourth-order valence-electron chi connectivity index (χ4n) is 1.65. The van der Waals surface area contributed by atoms with Crippen molar-refractivity contribution in [1.29, 1.82) is 0 Å². The van der Waals surface area contributed by atoms with E-state index in [1.54, 1.807) is 0 Å². The van der Waals surface area contributed by atoms with Crippen LogP contribution in [-0.2, 0) is 14.4 Å². The monoisotopic (exact) mass is 273 g/mol. The lowest BCUT2D eigenvalue weighted by atomic mass is 10.1. The molecule has 0 bridgehead atoms. The first-order valence-corrected chi connectivity index (χ1v) is 6.58. The number of ketones is 1. The van der Waals surface area contributed by atoms with Crippen molar-refractivity contribution in [2.75, 3.05) is 0 Å². The first-order valence-electron chi connectivity index (χ1n) is 6.58. The first-order chi connectivity index (χ1) is 8.86. The van der Waals surface area contributed by atoms with Crippen molar-refractivity contribution in [2.45, 2.75) is 64.5 Å². The summed E-state index contributed by atoms with van der Waals surface area (Å²) in [7, 11) is 0. The van der Waals surface area contributed by atoms with Crippen LogP contribution < -0.4 is 5.32 Å². The summed E-state index contributed by atoms with van der Waals surface area (Å²) in [6.07, 6.45) is 1.82. The summed E-state index contributed by atoms with van der Waals surface area (Å²) in [5, 5.41) is 20.2. The zero-order valence-corrected chi connectivity index (χ0v) is 11.5. The highest BCUT2D eigenvalue weighted by Crippen LogP contribution is 2.03. The number of hydrogen-bond donors (Lipinski definition) is 3. The van der Waals surface area contributed by atoms with Gasteiger partial charge in [-0.3, -0.25) is 9.59 Å². The van der Waals surface area contributed by atoms with E-state index in [0.717, 1.165) is 19.3 Å². The molecule has 110 valence electrons. The van der Waals surface area contributed by atoms with E-state index in [1.807, 2.05) is 6.92 Å². The number of aliphatic hydroxyl groups excluding tert-OH is 1. The molecule has 0 aromatic rings. The molecular weight excluding hydrogens is 250 g/mol. The SMILES string of the molecule is CCCCCC(=O)CC(=O)N[C@@H](CC(C)O)C(=O)O. The molecule has 0 saturated heterocycles. The Labute approximate surface area is 113 Å². The second-order valence-electron chi connectivity index (χ2n) is 4.72. The number of carboxylic acid groups (broad SMARTS) is 1. The van der Waals surface area contributed by atoms with Crippen LogP contribution in [0.2, 0.25) is 0 Å². The fourth-order valence-corrected chi connectivity index (χ4v) is 1.65. The van der Waals surface area contributed by atoms with Crippen LogP contribution in [-0.4, -0.2) is 40.0 Å². The van der Waals surface area contributed by atoms with Crippen molar-refractivity contribution < 1.29 is 24.6 Å². The highest BCUT2D eigenvalue weighted by Gasteiger charge is 2.22. The molecule has 6 nitrogen and oxygen atoms in total. The van der Waals surface area contributed by atoms with E-state index in [4.69, 9.17) is 10.2 Å². The maximum Gasteiger partial charge on any atom is 0.326 e. The molecule has 0 saturated carbocycles. The number of carbonyl (C=O) groups excluding carboxylic acids is 2. The molecule has 0 aliphatic rings. The lowest BCUT2D eigenvalue weighted by molar-refractivity contribution is -0.143. The number of aliphatic carboxylic acids is 1. The van der Waals surface area contributed by atoms with Crippen molar-refractivity contribution in [3.63, 3.8) is 0 Å². The maximum absolute atomic E-state index is 11.5. The number of hydrogen-bond acceptors (Lipinski definition) is 4. The second kappa shape index (κ2) is 9.49. The molecule has 6 heteroatoms. The Morgan fingerprint density at radius 1 is 1.21 bits per heavy atom. The number of carboxylic acids is 1. The van der Waals surface area contributed by atoms with Crippen LogP contribution in [0.4, 0.5) is 0 Å². The van der Waals surface area contributed by atoms with Gasteiger partial charge in [-0.15, -0.1) is 0 Å². The third-order valence-electron chi connectivity index (χ3n) is 2.63. The van der Waals surface area contributed by atoms with Gasteiger partial charge in [-0.25, -0.2) is 4.79 Å². The third-order valence-corrected chi connectivity index (χ3v) is 2.63. The van der Waals surface area contributed by atoms with Crippen molar-refractivity contribution in [3.8, 4) is 0 Å². The topological polar surface area (TPSA) is 104 Å². The molecule has 0 spiro atoms. The fraction of sp³-hybridized carbons (Fsp3) is 0.769. The Morgan fingerprint density at radius 3 is 2.32 bits per heavy atom. The predicted octanol–water partition coefficient (Wildman–Crippen LogP) is 0.866. The van der Waals surface area contributed by atoms with E-state index in [-0.39, 0.29) is 18.6 Å². The van der Waals surface area contributed by atoms with Crippen LogP contribution in [0.5, 0.6) is 0 Å². The standard InChI is InChI=1S/C13H23NO5/c1-3-4-5-6-10(16)8-12(17)14-11(13(18)19)7-9(2)15/h9,11,15H,3-8H2,1-2H3,(H,14,17)(H,18,19)/t9?,11-/m0/s1. The van der Waals surface area contributed by atoms with Crippen LogP contribution in [0, 0.1) is 0 Å². The van der Waals surface area contributed by atoms with Gasteiger partial charge in [-0.1, -0.05) is 19.8 Å². The van der Waals surface area contributed by atoms with Gasteiger partial charge in [0.05, 0.1) is 12.5 Å². The number of rotatable bonds is 10. The molecule has 0 fully saturated rings. The molecule has 0 rings (SSSR count). The number of amides is 1. The largest absolute Gasteiger partial charge is 0.480 e. The zero-order chi connectivity index (χ0) is 14.8. The molecule has 0 radical (unpaired) electrons.